The van der Waals surface area contributed by atoms with Crippen LogP contribution in [0.1, 0.15) is 37.0 Å². The minimum absolute atomic E-state index is 0.253. The maximum atomic E-state index is 11.7. The smallest absolute Gasteiger partial charge is 0.339 e. The quantitative estimate of drug-likeness (QED) is 0.603. The van der Waals surface area contributed by atoms with E-state index in [0.29, 0.717) is 18.1 Å². The van der Waals surface area contributed by atoms with Crippen molar-refractivity contribution in [3.05, 3.63) is 34.3 Å². The van der Waals surface area contributed by atoms with E-state index in [2.05, 4.69) is 29.8 Å². The first-order chi connectivity index (χ1) is 7.61. The second-order valence-electron chi connectivity index (χ2n) is 4.15. The number of hydrogen-bond acceptors (Lipinski definition) is 2. The van der Waals surface area contributed by atoms with Crippen LogP contribution in [0.15, 0.2) is 28.7 Å². The lowest BCUT2D eigenvalue weighted by Gasteiger charge is -2.07. The summed E-state index contributed by atoms with van der Waals surface area (Å²) >= 11 is 3.33. The van der Waals surface area contributed by atoms with Crippen molar-refractivity contribution < 1.29 is 9.53 Å². The zero-order valence-corrected chi connectivity index (χ0v) is 11.3. The highest BCUT2D eigenvalue weighted by atomic mass is 79.9. The Kier molecular flexibility index (Phi) is 5.53. The molecule has 0 bridgehead atoms. The summed E-state index contributed by atoms with van der Waals surface area (Å²) in [6.45, 7) is 4.82. The highest BCUT2D eigenvalue weighted by Crippen LogP contribution is 2.17. The Morgan fingerprint density at radius 2 is 2.06 bits per heavy atom. The van der Waals surface area contributed by atoms with E-state index in [1.165, 1.54) is 0 Å². The van der Waals surface area contributed by atoms with Crippen LogP contribution in [0.3, 0.4) is 0 Å². The molecule has 0 atom stereocenters. The van der Waals surface area contributed by atoms with Gasteiger partial charge in [0.25, 0.3) is 0 Å². The lowest BCUT2D eigenvalue weighted by atomic mass is 10.1. The van der Waals surface area contributed by atoms with Gasteiger partial charge in [-0.2, -0.15) is 0 Å². The van der Waals surface area contributed by atoms with Gasteiger partial charge in [-0.3, -0.25) is 0 Å². The van der Waals surface area contributed by atoms with E-state index in [-0.39, 0.29) is 5.97 Å². The molecule has 0 spiro atoms. The second-order valence-corrected chi connectivity index (χ2v) is 5.01. The molecule has 16 heavy (non-hydrogen) atoms. The van der Waals surface area contributed by atoms with E-state index in [4.69, 9.17) is 4.74 Å². The van der Waals surface area contributed by atoms with Gasteiger partial charge in [-0.25, -0.2) is 4.79 Å². The van der Waals surface area contributed by atoms with Gasteiger partial charge in [0.05, 0.1) is 12.2 Å². The topological polar surface area (TPSA) is 26.3 Å². The lowest BCUT2D eigenvalue weighted by molar-refractivity contribution is 0.0493. The molecule has 0 aliphatic heterocycles. The minimum atomic E-state index is -0.253. The molecule has 1 rings (SSSR count). The van der Waals surface area contributed by atoms with Gasteiger partial charge < -0.3 is 4.74 Å². The maximum absolute atomic E-state index is 11.7. The summed E-state index contributed by atoms with van der Waals surface area (Å²) in [4.78, 5) is 11.7. The van der Waals surface area contributed by atoms with Crippen molar-refractivity contribution in [1.82, 2.24) is 0 Å². The third-order valence-corrected chi connectivity index (χ3v) is 2.94. The largest absolute Gasteiger partial charge is 0.462 e. The Morgan fingerprint density at radius 1 is 1.38 bits per heavy atom. The number of esters is 1. The first-order valence-corrected chi connectivity index (χ1v) is 6.32. The predicted molar refractivity (Wildman–Crippen MR) is 68.5 cm³/mol. The zero-order chi connectivity index (χ0) is 12.0. The Balaban J connectivity index is 2.39. The molecular weight excluding hydrogens is 268 g/mol. The SMILES string of the molecule is CC(C)CCCOC(=O)c1ccccc1Br. The van der Waals surface area contributed by atoms with Crippen LogP contribution in [-0.2, 0) is 4.74 Å². The third-order valence-electron chi connectivity index (χ3n) is 2.25. The maximum Gasteiger partial charge on any atom is 0.339 e. The number of hydrogen-bond donors (Lipinski definition) is 0. The lowest BCUT2D eigenvalue weighted by Crippen LogP contribution is -2.07. The summed E-state index contributed by atoms with van der Waals surface area (Å²) in [5.41, 5.74) is 0.590. The molecule has 1 aromatic carbocycles. The first-order valence-electron chi connectivity index (χ1n) is 5.53. The zero-order valence-electron chi connectivity index (χ0n) is 9.70. The van der Waals surface area contributed by atoms with E-state index in [0.717, 1.165) is 17.3 Å². The molecule has 0 aliphatic rings. The van der Waals surface area contributed by atoms with Crippen molar-refractivity contribution in [3.8, 4) is 0 Å². The molecule has 0 aliphatic carbocycles. The van der Waals surface area contributed by atoms with E-state index in [1.54, 1.807) is 6.07 Å². The standard InChI is InChI=1S/C13H17BrO2/c1-10(2)6-5-9-16-13(15)11-7-3-4-8-12(11)14/h3-4,7-8,10H,5-6,9H2,1-2H3. The molecule has 0 saturated heterocycles. The number of carbonyl (C=O) groups excluding carboxylic acids is 1. The van der Waals surface area contributed by atoms with Crippen LogP contribution in [0.25, 0.3) is 0 Å². The molecule has 88 valence electrons. The Labute approximate surface area is 105 Å². The van der Waals surface area contributed by atoms with Crippen molar-refractivity contribution in [2.45, 2.75) is 26.7 Å². The van der Waals surface area contributed by atoms with E-state index in [1.807, 2.05) is 18.2 Å². The average molecular weight is 285 g/mol. The fourth-order valence-electron chi connectivity index (χ4n) is 1.36. The normalized spacial score (nSPS) is 10.5. The summed E-state index contributed by atoms with van der Waals surface area (Å²) < 4.78 is 5.97. The van der Waals surface area contributed by atoms with Crippen molar-refractivity contribution in [2.24, 2.45) is 5.92 Å². The van der Waals surface area contributed by atoms with Crippen LogP contribution in [-0.4, -0.2) is 12.6 Å². The van der Waals surface area contributed by atoms with E-state index in [9.17, 15) is 4.79 Å². The number of ether oxygens (including phenoxy) is 1. The van der Waals surface area contributed by atoms with Gasteiger partial charge in [0, 0.05) is 4.47 Å². The predicted octanol–water partition coefficient (Wildman–Crippen LogP) is 4.04. The summed E-state index contributed by atoms with van der Waals surface area (Å²) in [5.74, 6) is 0.401. The Bertz CT molecular complexity index is 348. The number of benzene rings is 1. The molecule has 0 radical (unpaired) electrons. The highest BCUT2D eigenvalue weighted by molar-refractivity contribution is 9.10. The molecule has 0 unspecified atom stereocenters. The van der Waals surface area contributed by atoms with E-state index < -0.39 is 0 Å². The van der Waals surface area contributed by atoms with Gasteiger partial charge in [-0.15, -0.1) is 0 Å². The molecule has 0 N–H and O–H groups in total. The Hall–Kier alpha value is -0.830. The van der Waals surface area contributed by atoms with E-state index >= 15 is 0 Å². The van der Waals surface area contributed by atoms with Crippen LogP contribution < -0.4 is 0 Å². The molecule has 0 aromatic heterocycles. The van der Waals surface area contributed by atoms with Crippen LogP contribution >= 0.6 is 15.9 Å². The number of carbonyl (C=O) groups is 1. The average Bonchev–Trinajstić information content (AvgIpc) is 2.24. The van der Waals surface area contributed by atoms with Gasteiger partial charge in [-0.1, -0.05) is 26.0 Å². The van der Waals surface area contributed by atoms with Crippen LogP contribution in [0.5, 0.6) is 0 Å². The van der Waals surface area contributed by atoms with Crippen LogP contribution in [0.4, 0.5) is 0 Å². The van der Waals surface area contributed by atoms with Crippen molar-refractivity contribution in [1.29, 1.82) is 0 Å². The number of halogens is 1. The summed E-state index contributed by atoms with van der Waals surface area (Å²) in [5, 5.41) is 0. The van der Waals surface area contributed by atoms with Gasteiger partial charge in [-0.05, 0) is 46.8 Å². The minimum Gasteiger partial charge on any atom is -0.462 e. The van der Waals surface area contributed by atoms with Crippen LogP contribution in [0.2, 0.25) is 0 Å². The van der Waals surface area contributed by atoms with Gasteiger partial charge >= 0.3 is 5.97 Å². The van der Waals surface area contributed by atoms with Crippen molar-refractivity contribution in [3.63, 3.8) is 0 Å². The Morgan fingerprint density at radius 3 is 2.69 bits per heavy atom. The molecule has 0 saturated carbocycles. The van der Waals surface area contributed by atoms with Crippen molar-refractivity contribution >= 4 is 21.9 Å². The monoisotopic (exact) mass is 284 g/mol. The van der Waals surface area contributed by atoms with Crippen LogP contribution in [0, 0.1) is 5.92 Å². The fraction of sp³-hybridized carbons (Fsp3) is 0.462. The highest BCUT2D eigenvalue weighted by Gasteiger charge is 2.09. The molecule has 0 heterocycles. The van der Waals surface area contributed by atoms with Crippen molar-refractivity contribution in [2.75, 3.05) is 6.61 Å². The number of rotatable bonds is 5. The molecule has 0 amide bonds. The summed E-state index contributed by atoms with van der Waals surface area (Å²) in [6.07, 6.45) is 2.01. The molecule has 1 aromatic rings. The van der Waals surface area contributed by atoms with Gasteiger partial charge in [0.15, 0.2) is 0 Å². The summed E-state index contributed by atoms with van der Waals surface area (Å²) in [7, 11) is 0. The fourth-order valence-corrected chi connectivity index (χ4v) is 1.81. The second kappa shape index (κ2) is 6.69. The molecule has 0 fully saturated rings. The third kappa shape index (κ3) is 4.35. The molecule has 3 heteroatoms. The van der Waals surface area contributed by atoms with Gasteiger partial charge in [0.2, 0.25) is 0 Å². The summed E-state index contributed by atoms with van der Waals surface area (Å²) in [6, 6.07) is 7.30. The molecule has 2 nitrogen and oxygen atoms in total. The first kappa shape index (κ1) is 13.2. The molecular formula is C13H17BrO2. The van der Waals surface area contributed by atoms with Gasteiger partial charge in [0.1, 0.15) is 0 Å².